The molecule has 0 heterocycles. The summed E-state index contributed by atoms with van der Waals surface area (Å²) < 4.78 is 5.23. The molecule has 1 rings (SSSR count). The number of rotatable bonds is 4. The fourth-order valence-electron chi connectivity index (χ4n) is 1.93. The van der Waals surface area contributed by atoms with Gasteiger partial charge in [-0.05, 0) is 31.9 Å². The van der Waals surface area contributed by atoms with E-state index >= 15 is 0 Å². The Balaban J connectivity index is 2.75. The molecule has 0 radical (unpaired) electrons. The van der Waals surface area contributed by atoms with E-state index in [0.717, 1.165) is 6.42 Å². The minimum atomic E-state index is -0.777. The molecular weight excluding hydrogens is 204 g/mol. The topological polar surface area (TPSA) is 43.4 Å². The van der Waals surface area contributed by atoms with Gasteiger partial charge in [-0.25, -0.2) is 0 Å². The van der Waals surface area contributed by atoms with Crippen LogP contribution < -0.4 is 0 Å². The summed E-state index contributed by atoms with van der Waals surface area (Å²) in [5.41, 5.74) is -0.777. The second kappa shape index (κ2) is 5.10. The zero-order valence-corrected chi connectivity index (χ0v) is 10.0. The Morgan fingerprint density at radius 3 is 2.81 bits per heavy atom. The van der Waals surface area contributed by atoms with Crippen LogP contribution in [0.4, 0.5) is 0 Å². The highest BCUT2D eigenvalue weighted by molar-refractivity contribution is 5.96. The fourth-order valence-corrected chi connectivity index (χ4v) is 1.93. The van der Waals surface area contributed by atoms with Gasteiger partial charge in [0.25, 0.3) is 0 Å². The molecule has 3 nitrogen and oxygen atoms in total. The summed E-state index contributed by atoms with van der Waals surface area (Å²) in [5.74, 6) is -0.602. The molecule has 1 aliphatic carbocycles. The first-order valence-electron chi connectivity index (χ1n) is 5.57. The molecule has 0 aromatic carbocycles. The third kappa shape index (κ3) is 2.81. The maximum atomic E-state index is 11.7. The van der Waals surface area contributed by atoms with Crippen LogP contribution in [0.2, 0.25) is 0 Å². The van der Waals surface area contributed by atoms with Gasteiger partial charge >= 0.3 is 5.97 Å². The number of esters is 1. The minimum Gasteiger partial charge on any atom is -0.454 e. The number of hydrogen-bond donors (Lipinski definition) is 0. The van der Waals surface area contributed by atoms with Gasteiger partial charge in [0.05, 0.1) is 5.92 Å². The van der Waals surface area contributed by atoms with Crippen LogP contribution in [0.3, 0.4) is 0 Å². The molecule has 0 spiro atoms. The van der Waals surface area contributed by atoms with E-state index in [2.05, 4.69) is 0 Å². The molecule has 2 unspecified atom stereocenters. The smallest absolute Gasteiger partial charge is 0.303 e. The van der Waals surface area contributed by atoms with Gasteiger partial charge in [-0.1, -0.05) is 19.1 Å². The summed E-state index contributed by atoms with van der Waals surface area (Å²) in [5, 5.41) is 0. The predicted octanol–water partition coefficient (Wildman–Crippen LogP) is 2.42. The Hall–Kier alpha value is -1.38. The molecule has 0 aromatic rings. The molecule has 3 heteroatoms. The molecule has 0 N–H and O–H groups in total. The normalized spacial score (nSPS) is 28.9. The summed E-state index contributed by atoms with van der Waals surface area (Å²) in [6, 6.07) is 0. The van der Waals surface area contributed by atoms with Crippen molar-refractivity contribution >= 4 is 11.8 Å². The van der Waals surface area contributed by atoms with E-state index in [9.17, 15) is 9.59 Å². The molecule has 16 heavy (non-hydrogen) atoms. The summed E-state index contributed by atoms with van der Waals surface area (Å²) in [4.78, 5) is 22.7. The first-order chi connectivity index (χ1) is 7.49. The SMILES string of the molecule is CC/C=C/CC1C(=O)C=CC1(C)OC(C)=O. The van der Waals surface area contributed by atoms with Crippen molar-refractivity contribution in [2.45, 2.75) is 39.2 Å². The van der Waals surface area contributed by atoms with E-state index in [1.807, 2.05) is 19.1 Å². The Morgan fingerprint density at radius 1 is 1.56 bits per heavy atom. The Kier molecular flexibility index (Phi) is 4.05. The van der Waals surface area contributed by atoms with Crippen LogP contribution in [0.1, 0.15) is 33.6 Å². The molecule has 2 atom stereocenters. The summed E-state index contributed by atoms with van der Waals surface area (Å²) in [7, 11) is 0. The Labute approximate surface area is 96.2 Å². The lowest BCUT2D eigenvalue weighted by molar-refractivity contribution is -0.155. The number of carbonyl (C=O) groups excluding carboxylic acids is 2. The molecular formula is C13H18O3. The average Bonchev–Trinajstić information content (AvgIpc) is 2.44. The van der Waals surface area contributed by atoms with Crippen molar-refractivity contribution in [2.75, 3.05) is 0 Å². The van der Waals surface area contributed by atoms with Crippen LogP contribution in [0.25, 0.3) is 0 Å². The monoisotopic (exact) mass is 222 g/mol. The largest absolute Gasteiger partial charge is 0.454 e. The third-order valence-corrected chi connectivity index (χ3v) is 2.75. The van der Waals surface area contributed by atoms with Crippen LogP contribution in [-0.4, -0.2) is 17.4 Å². The van der Waals surface area contributed by atoms with E-state index < -0.39 is 5.60 Å². The number of ketones is 1. The van der Waals surface area contributed by atoms with Crippen LogP contribution >= 0.6 is 0 Å². The van der Waals surface area contributed by atoms with Crippen LogP contribution in [0.15, 0.2) is 24.3 Å². The lowest BCUT2D eigenvalue weighted by Crippen LogP contribution is -2.37. The molecule has 0 aromatic heterocycles. The zero-order chi connectivity index (χ0) is 12.2. The van der Waals surface area contributed by atoms with Crippen LogP contribution in [-0.2, 0) is 14.3 Å². The summed E-state index contributed by atoms with van der Waals surface area (Å²) >= 11 is 0. The van der Waals surface area contributed by atoms with E-state index in [0.29, 0.717) is 6.42 Å². The molecule has 0 saturated carbocycles. The highest BCUT2D eigenvalue weighted by Gasteiger charge is 2.42. The lowest BCUT2D eigenvalue weighted by atomic mass is 9.88. The molecule has 1 aliphatic rings. The fraction of sp³-hybridized carbons (Fsp3) is 0.538. The lowest BCUT2D eigenvalue weighted by Gasteiger charge is -2.28. The van der Waals surface area contributed by atoms with Crippen molar-refractivity contribution < 1.29 is 14.3 Å². The standard InChI is InChI=1S/C13H18O3/c1-4-5-6-7-11-12(15)8-9-13(11,3)16-10(2)14/h5-6,8-9,11H,4,7H2,1-3H3/b6-5+. The highest BCUT2D eigenvalue weighted by Crippen LogP contribution is 2.33. The summed E-state index contributed by atoms with van der Waals surface area (Å²) in [6.45, 7) is 5.18. The highest BCUT2D eigenvalue weighted by atomic mass is 16.6. The second-order valence-electron chi connectivity index (χ2n) is 4.18. The molecule has 0 saturated heterocycles. The van der Waals surface area contributed by atoms with Gasteiger partial charge in [-0.3, -0.25) is 9.59 Å². The van der Waals surface area contributed by atoms with Crippen molar-refractivity contribution in [1.82, 2.24) is 0 Å². The molecule has 88 valence electrons. The van der Waals surface area contributed by atoms with Gasteiger partial charge in [0.1, 0.15) is 5.60 Å². The number of hydrogen-bond acceptors (Lipinski definition) is 3. The van der Waals surface area contributed by atoms with E-state index in [-0.39, 0.29) is 17.7 Å². The zero-order valence-electron chi connectivity index (χ0n) is 10.0. The quantitative estimate of drug-likeness (QED) is 0.542. The van der Waals surface area contributed by atoms with Crippen molar-refractivity contribution in [1.29, 1.82) is 0 Å². The first kappa shape index (κ1) is 12.7. The second-order valence-corrected chi connectivity index (χ2v) is 4.18. The molecule has 0 aliphatic heterocycles. The Morgan fingerprint density at radius 2 is 2.25 bits per heavy atom. The maximum absolute atomic E-state index is 11.7. The van der Waals surface area contributed by atoms with E-state index in [1.54, 1.807) is 13.0 Å². The van der Waals surface area contributed by atoms with Gasteiger partial charge in [-0.2, -0.15) is 0 Å². The average molecular weight is 222 g/mol. The number of allylic oxidation sites excluding steroid dienone is 3. The first-order valence-corrected chi connectivity index (χ1v) is 5.57. The Bertz CT molecular complexity index is 341. The molecule has 0 fully saturated rings. The van der Waals surface area contributed by atoms with Crippen molar-refractivity contribution in [3.8, 4) is 0 Å². The van der Waals surface area contributed by atoms with Crippen molar-refractivity contribution in [3.05, 3.63) is 24.3 Å². The molecule has 0 bridgehead atoms. The van der Waals surface area contributed by atoms with Gasteiger partial charge in [0.2, 0.25) is 0 Å². The summed E-state index contributed by atoms with van der Waals surface area (Å²) in [6.07, 6.45) is 8.73. The van der Waals surface area contributed by atoms with Crippen LogP contribution in [0.5, 0.6) is 0 Å². The minimum absolute atomic E-state index is 0.0319. The van der Waals surface area contributed by atoms with E-state index in [4.69, 9.17) is 4.74 Å². The maximum Gasteiger partial charge on any atom is 0.303 e. The number of carbonyl (C=O) groups is 2. The van der Waals surface area contributed by atoms with Crippen molar-refractivity contribution in [2.24, 2.45) is 5.92 Å². The predicted molar refractivity (Wildman–Crippen MR) is 61.9 cm³/mol. The van der Waals surface area contributed by atoms with Gasteiger partial charge < -0.3 is 4.74 Å². The van der Waals surface area contributed by atoms with E-state index in [1.165, 1.54) is 13.0 Å². The number of ether oxygens (including phenoxy) is 1. The van der Waals surface area contributed by atoms with Crippen LogP contribution in [0, 0.1) is 5.92 Å². The van der Waals surface area contributed by atoms with Gasteiger partial charge in [-0.15, -0.1) is 0 Å². The third-order valence-electron chi connectivity index (χ3n) is 2.75. The molecule has 0 amide bonds. The van der Waals surface area contributed by atoms with Crippen molar-refractivity contribution in [3.63, 3.8) is 0 Å². The van der Waals surface area contributed by atoms with Gasteiger partial charge in [0.15, 0.2) is 5.78 Å². The van der Waals surface area contributed by atoms with Gasteiger partial charge in [0, 0.05) is 6.92 Å².